The molecule has 0 radical (unpaired) electrons. The lowest BCUT2D eigenvalue weighted by Gasteiger charge is -2.11. The Kier molecular flexibility index (Phi) is 8.71. The number of aryl methyl sites for hydroxylation is 1. The van der Waals surface area contributed by atoms with Gasteiger partial charge < -0.3 is 20.4 Å². The number of aliphatic imine (C=N–C) groups is 1. The van der Waals surface area contributed by atoms with Crippen molar-refractivity contribution in [1.82, 2.24) is 15.6 Å². The van der Waals surface area contributed by atoms with Crippen molar-refractivity contribution in [3.8, 4) is 0 Å². The van der Waals surface area contributed by atoms with Crippen molar-refractivity contribution in [2.75, 3.05) is 32.8 Å². The second kappa shape index (κ2) is 10.8. The van der Waals surface area contributed by atoms with E-state index in [-0.39, 0.29) is 24.0 Å². The van der Waals surface area contributed by atoms with E-state index in [4.69, 9.17) is 4.74 Å². The van der Waals surface area contributed by atoms with E-state index in [1.165, 1.54) is 34.9 Å². The summed E-state index contributed by atoms with van der Waals surface area (Å²) < 4.78 is 5.64. The van der Waals surface area contributed by atoms with Gasteiger partial charge in [-0.05, 0) is 50.2 Å². The van der Waals surface area contributed by atoms with Crippen LogP contribution in [0.25, 0.3) is 10.9 Å². The molecule has 1 heterocycles. The smallest absolute Gasteiger partial charge is 0.191 e. The zero-order valence-electron chi connectivity index (χ0n) is 15.8. The largest absolute Gasteiger partial charge is 0.379 e. The highest BCUT2D eigenvalue weighted by atomic mass is 127. The quantitative estimate of drug-likeness (QED) is 0.227. The Morgan fingerprint density at radius 2 is 2.15 bits per heavy atom. The first-order valence-electron chi connectivity index (χ1n) is 9.43. The Hall–Kier alpha value is -1.28. The fourth-order valence-corrected chi connectivity index (χ4v) is 2.98. The molecule has 0 saturated heterocycles. The van der Waals surface area contributed by atoms with Crippen LogP contribution >= 0.6 is 24.0 Å². The van der Waals surface area contributed by atoms with Gasteiger partial charge in [0.2, 0.25) is 0 Å². The number of benzene rings is 1. The van der Waals surface area contributed by atoms with Gasteiger partial charge in [-0.15, -0.1) is 24.0 Å². The van der Waals surface area contributed by atoms with E-state index in [9.17, 15) is 0 Å². The molecule has 0 aliphatic heterocycles. The van der Waals surface area contributed by atoms with E-state index >= 15 is 0 Å². The van der Waals surface area contributed by atoms with Gasteiger partial charge in [-0.25, -0.2) is 0 Å². The molecule has 1 aromatic carbocycles. The zero-order chi connectivity index (χ0) is 17.5. The molecule has 2 aromatic rings. The van der Waals surface area contributed by atoms with Crippen LogP contribution in [0.4, 0.5) is 0 Å². The van der Waals surface area contributed by atoms with Gasteiger partial charge in [0.15, 0.2) is 5.96 Å². The van der Waals surface area contributed by atoms with Crippen LogP contribution in [0.5, 0.6) is 0 Å². The predicted octanol–water partition coefficient (Wildman–Crippen LogP) is 3.62. The molecule has 0 unspecified atom stereocenters. The number of rotatable bonds is 9. The van der Waals surface area contributed by atoms with Crippen LogP contribution in [0, 0.1) is 12.8 Å². The molecule has 5 nitrogen and oxygen atoms in total. The molecule has 1 saturated carbocycles. The van der Waals surface area contributed by atoms with Crippen LogP contribution in [-0.2, 0) is 11.2 Å². The zero-order valence-corrected chi connectivity index (χ0v) is 18.1. The first kappa shape index (κ1) is 21.0. The molecule has 6 heteroatoms. The van der Waals surface area contributed by atoms with Gasteiger partial charge in [-0.1, -0.05) is 18.2 Å². The maximum Gasteiger partial charge on any atom is 0.191 e. The van der Waals surface area contributed by atoms with Crippen LogP contribution in [0.1, 0.15) is 30.9 Å². The highest BCUT2D eigenvalue weighted by molar-refractivity contribution is 14.0. The molecule has 1 fully saturated rings. The number of H-pyrrole nitrogens is 1. The van der Waals surface area contributed by atoms with Gasteiger partial charge in [0.05, 0.1) is 13.2 Å². The molecule has 1 aliphatic carbocycles. The van der Waals surface area contributed by atoms with Gasteiger partial charge >= 0.3 is 0 Å². The van der Waals surface area contributed by atoms with Crippen molar-refractivity contribution < 1.29 is 4.74 Å². The number of nitrogens with one attached hydrogen (secondary N) is 3. The summed E-state index contributed by atoms with van der Waals surface area (Å²) in [6, 6.07) is 6.45. The van der Waals surface area contributed by atoms with E-state index in [1.54, 1.807) is 0 Å². The standard InChI is InChI=1S/C20H30N4O.HI/c1-3-21-20(23-11-12-25-14-16-7-8-16)22-10-9-17-13-24-19-15(2)5-4-6-18(17)19;/h4-6,13,16,24H,3,7-12,14H2,1-2H3,(H2,21,22,23);1H. The Bertz CT molecular complexity index is 709. The highest BCUT2D eigenvalue weighted by Gasteiger charge is 2.20. The lowest BCUT2D eigenvalue weighted by atomic mass is 10.1. The van der Waals surface area contributed by atoms with Gasteiger partial charge in [-0.2, -0.15) is 0 Å². The Labute approximate surface area is 173 Å². The van der Waals surface area contributed by atoms with E-state index in [1.807, 2.05) is 0 Å². The third-order valence-corrected chi connectivity index (χ3v) is 4.60. The summed E-state index contributed by atoms with van der Waals surface area (Å²) in [4.78, 5) is 7.98. The first-order chi connectivity index (χ1) is 12.3. The molecular weight excluding hydrogens is 439 g/mol. The monoisotopic (exact) mass is 470 g/mol. The Morgan fingerprint density at radius 1 is 1.31 bits per heavy atom. The molecule has 3 rings (SSSR count). The van der Waals surface area contributed by atoms with Crippen molar-refractivity contribution >= 4 is 40.8 Å². The van der Waals surface area contributed by atoms with Gasteiger partial charge in [0.1, 0.15) is 0 Å². The van der Waals surface area contributed by atoms with Crippen LogP contribution < -0.4 is 10.6 Å². The van der Waals surface area contributed by atoms with Crippen molar-refractivity contribution in [3.63, 3.8) is 0 Å². The SMILES string of the molecule is CCNC(=NCCOCC1CC1)NCCc1c[nH]c2c(C)cccc12.I. The summed E-state index contributed by atoms with van der Waals surface area (Å²) in [5.41, 5.74) is 3.87. The second-order valence-corrected chi connectivity index (χ2v) is 6.77. The van der Waals surface area contributed by atoms with Crippen molar-refractivity contribution in [1.29, 1.82) is 0 Å². The third kappa shape index (κ3) is 6.16. The second-order valence-electron chi connectivity index (χ2n) is 6.77. The summed E-state index contributed by atoms with van der Waals surface area (Å²) >= 11 is 0. The molecule has 1 aromatic heterocycles. The number of guanidine groups is 1. The minimum atomic E-state index is 0. The topological polar surface area (TPSA) is 61.4 Å². The molecule has 1 aliphatic rings. The maximum absolute atomic E-state index is 5.64. The van der Waals surface area contributed by atoms with E-state index < -0.39 is 0 Å². The van der Waals surface area contributed by atoms with E-state index in [2.05, 4.69) is 58.9 Å². The van der Waals surface area contributed by atoms with Gasteiger partial charge in [0, 0.05) is 36.8 Å². The number of nitrogens with zero attached hydrogens (tertiary/aromatic N) is 1. The van der Waals surface area contributed by atoms with Crippen LogP contribution in [0.15, 0.2) is 29.4 Å². The number of para-hydroxylation sites is 1. The van der Waals surface area contributed by atoms with E-state index in [0.29, 0.717) is 13.2 Å². The average Bonchev–Trinajstić information content (AvgIpc) is 3.34. The lowest BCUT2D eigenvalue weighted by molar-refractivity contribution is 0.131. The number of aromatic nitrogens is 1. The van der Waals surface area contributed by atoms with Crippen LogP contribution in [-0.4, -0.2) is 43.8 Å². The minimum absolute atomic E-state index is 0. The van der Waals surface area contributed by atoms with Crippen molar-refractivity contribution in [2.45, 2.75) is 33.1 Å². The van der Waals surface area contributed by atoms with Crippen molar-refractivity contribution in [3.05, 3.63) is 35.5 Å². The van der Waals surface area contributed by atoms with Crippen molar-refractivity contribution in [2.24, 2.45) is 10.9 Å². The minimum Gasteiger partial charge on any atom is -0.379 e. The molecular formula is C20H31IN4O. The Balaban J connectivity index is 0.00000243. The lowest BCUT2D eigenvalue weighted by Crippen LogP contribution is -2.38. The summed E-state index contributed by atoms with van der Waals surface area (Å²) in [6.45, 7) is 8.25. The third-order valence-electron chi connectivity index (χ3n) is 4.60. The van der Waals surface area contributed by atoms with Crippen LogP contribution in [0.2, 0.25) is 0 Å². The summed E-state index contributed by atoms with van der Waals surface area (Å²) in [5, 5.41) is 8.03. The molecule has 0 atom stereocenters. The maximum atomic E-state index is 5.64. The molecule has 26 heavy (non-hydrogen) atoms. The highest BCUT2D eigenvalue weighted by Crippen LogP contribution is 2.28. The molecule has 0 amide bonds. The van der Waals surface area contributed by atoms with Gasteiger partial charge in [-0.3, -0.25) is 4.99 Å². The summed E-state index contributed by atoms with van der Waals surface area (Å²) in [6.07, 6.45) is 5.75. The fraction of sp³-hybridized carbons (Fsp3) is 0.550. The number of hydrogen-bond acceptors (Lipinski definition) is 2. The summed E-state index contributed by atoms with van der Waals surface area (Å²) in [5.74, 6) is 1.68. The number of fused-ring (bicyclic) bond motifs is 1. The normalized spacial score (nSPS) is 14.3. The number of ether oxygens (including phenoxy) is 1. The molecule has 0 bridgehead atoms. The van der Waals surface area contributed by atoms with E-state index in [0.717, 1.165) is 38.0 Å². The molecule has 3 N–H and O–H groups in total. The number of hydrogen-bond donors (Lipinski definition) is 3. The molecule has 0 spiro atoms. The predicted molar refractivity (Wildman–Crippen MR) is 120 cm³/mol. The Morgan fingerprint density at radius 3 is 2.92 bits per heavy atom. The average molecular weight is 470 g/mol. The van der Waals surface area contributed by atoms with Gasteiger partial charge in [0.25, 0.3) is 0 Å². The molecule has 144 valence electrons. The number of aromatic amines is 1. The first-order valence-corrected chi connectivity index (χ1v) is 9.43. The summed E-state index contributed by atoms with van der Waals surface area (Å²) in [7, 11) is 0. The fourth-order valence-electron chi connectivity index (χ4n) is 2.98. The van der Waals surface area contributed by atoms with Crippen LogP contribution in [0.3, 0.4) is 0 Å². The number of halogens is 1.